The van der Waals surface area contributed by atoms with Gasteiger partial charge >= 0.3 is 0 Å². The summed E-state index contributed by atoms with van der Waals surface area (Å²) in [7, 11) is 0. The van der Waals surface area contributed by atoms with E-state index in [0.29, 0.717) is 19.8 Å². The van der Waals surface area contributed by atoms with E-state index in [0.717, 1.165) is 28.6 Å². The number of para-hydroxylation sites is 1. The summed E-state index contributed by atoms with van der Waals surface area (Å²) in [5.41, 5.74) is 0.843. The Kier molecular flexibility index (Phi) is 5.55. The van der Waals surface area contributed by atoms with E-state index in [1.54, 1.807) is 11.8 Å². The van der Waals surface area contributed by atoms with E-state index in [1.807, 2.05) is 42.5 Å². The van der Waals surface area contributed by atoms with Gasteiger partial charge in [-0.2, -0.15) is 0 Å². The Balaban J connectivity index is 1.37. The van der Waals surface area contributed by atoms with Crippen LogP contribution in [0.4, 0.5) is 5.69 Å². The zero-order valence-electron chi connectivity index (χ0n) is 14.5. The quantitative estimate of drug-likeness (QED) is 0.877. The van der Waals surface area contributed by atoms with E-state index >= 15 is 0 Å². The molecule has 4 rings (SSSR count). The van der Waals surface area contributed by atoms with Crippen LogP contribution < -0.4 is 5.32 Å². The number of carbonyl (C=O) groups excluding carboxylic acids is 1. The molecule has 136 valence electrons. The fourth-order valence-electron chi connectivity index (χ4n) is 3.33. The zero-order valence-corrected chi connectivity index (χ0v) is 15.3. The fraction of sp³-hybridized carbons (Fsp3) is 0.350. The molecule has 1 N–H and O–H groups in total. The summed E-state index contributed by atoms with van der Waals surface area (Å²) < 4.78 is 11.4. The molecule has 0 unspecified atom stereocenters. The van der Waals surface area contributed by atoms with Crippen molar-refractivity contribution in [3.63, 3.8) is 0 Å². The van der Waals surface area contributed by atoms with Gasteiger partial charge in [0.25, 0.3) is 0 Å². The highest BCUT2D eigenvalue weighted by Gasteiger charge is 2.37. The molecule has 2 atom stereocenters. The van der Waals surface area contributed by atoms with Crippen LogP contribution >= 0.6 is 11.8 Å². The Morgan fingerprint density at radius 1 is 1.00 bits per heavy atom. The summed E-state index contributed by atoms with van der Waals surface area (Å²) in [6.45, 7) is 3.14. The average molecular weight is 370 g/mol. The van der Waals surface area contributed by atoms with E-state index in [4.69, 9.17) is 9.47 Å². The minimum atomic E-state index is -0.00948. The van der Waals surface area contributed by atoms with Crippen molar-refractivity contribution in [2.45, 2.75) is 22.0 Å². The summed E-state index contributed by atoms with van der Waals surface area (Å²) in [5, 5.41) is 3.06. The smallest absolute Gasteiger partial charge is 0.238 e. The highest BCUT2D eigenvalue weighted by atomic mass is 32.2. The first kappa shape index (κ1) is 17.5. The van der Waals surface area contributed by atoms with Gasteiger partial charge in [-0.05, 0) is 24.3 Å². The van der Waals surface area contributed by atoms with Gasteiger partial charge < -0.3 is 14.8 Å². The maximum Gasteiger partial charge on any atom is 0.238 e. The first-order valence-electron chi connectivity index (χ1n) is 8.85. The van der Waals surface area contributed by atoms with Crippen molar-refractivity contribution >= 4 is 23.4 Å². The van der Waals surface area contributed by atoms with Crippen molar-refractivity contribution in [2.24, 2.45) is 0 Å². The molecule has 1 amide bonds. The highest BCUT2D eigenvalue weighted by Crippen LogP contribution is 2.33. The van der Waals surface area contributed by atoms with Gasteiger partial charge in [0.05, 0.1) is 37.7 Å². The van der Waals surface area contributed by atoms with Gasteiger partial charge in [0.15, 0.2) is 0 Å². The SMILES string of the molecule is O=C(CN1C[C@@H]2OCCO[C@@H]2C1)Nc1ccccc1Sc1ccccc1. The van der Waals surface area contributed by atoms with Crippen molar-refractivity contribution in [3.8, 4) is 0 Å². The number of hydrogen-bond donors (Lipinski definition) is 1. The molecule has 0 spiro atoms. The number of nitrogens with one attached hydrogen (secondary N) is 1. The molecule has 0 saturated carbocycles. The molecule has 26 heavy (non-hydrogen) atoms. The molecule has 2 aliphatic rings. The molecule has 0 aromatic heterocycles. The molecule has 2 heterocycles. The Morgan fingerprint density at radius 2 is 1.65 bits per heavy atom. The molecule has 2 aromatic carbocycles. The van der Waals surface area contributed by atoms with Crippen LogP contribution in [0, 0.1) is 0 Å². The number of fused-ring (bicyclic) bond motifs is 1. The van der Waals surface area contributed by atoms with Gasteiger partial charge in [-0.1, -0.05) is 42.1 Å². The molecule has 5 nitrogen and oxygen atoms in total. The number of nitrogens with zero attached hydrogens (tertiary/aromatic N) is 1. The second-order valence-electron chi connectivity index (χ2n) is 6.47. The van der Waals surface area contributed by atoms with Gasteiger partial charge in [-0.15, -0.1) is 0 Å². The van der Waals surface area contributed by atoms with Crippen LogP contribution in [0.5, 0.6) is 0 Å². The molecule has 2 aliphatic heterocycles. The number of rotatable bonds is 5. The molecular formula is C20H22N2O3S. The first-order chi connectivity index (χ1) is 12.8. The van der Waals surface area contributed by atoms with Crippen LogP contribution in [0.15, 0.2) is 64.4 Å². The molecule has 6 heteroatoms. The van der Waals surface area contributed by atoms with Gasteiger partial charge in [0, 0.05) is 22.9 Å². The van der Waals surface area contributed by atoms with Crippen LogP contribution in [0.25, 0.3) is 0 Å². The van der Waals surface area contributed by atoms with Gasteiger partial charge in [0.2, 0.25) is 5.91 Å². The van der Waals surface area contributed by atoms with Gasteiger partial charge in [0.1, 0.15) is 0 Å². The normalized spacial score (nSPS) is 22.8. The maximum atomic E-state index is 12.5. The molecule has 0 radical (unpaired) electrons. The predicted molar refractivity (Wildman–Crippen MR) is 102 cm³/mol. The van der Waals surface area contributed by atoms with Crippen LogP contribution in [0.1, 0.15) is 0 Å². The van der Waals surface area contributed by atoms with Crippen molar-refractivity contribution in [2.75, 3.05) is 38.2 Å². The minimum absolute atomic E-state index is 0.00948. The summed E-state index contributed by atoms with van der Waals surface area (Å²) >= 11 is 1.65. The lowest BCUT2D eigenvalue weighted by Crippen LogP contribution is -2.36. The number of amides is 1. The lowest BCUT2D eigenvalue weighted by Gasteiger charge is -2.24. The molecule has 2 saturated heterocycles. The van der Waals surface area contributed by atoms with Crippen molar-refractivity contribution in [1.29, 1.82) is 0 Å². The Bertz CT molecular complexity index is 742. The first-order valence-corrected chi connectivity index (χ1v) is 9.67. The molecular weight excluding hydrogens is 348 g/mol. The Hall–Kier alpha value is -1.86. The second kappa shape index (κ2) is 8.22. The zero-order chi connectivity index (χ0) is 17.8. The Labute approximate surface area is 157 Å². The molecule has 2 aromatic rings. The summed E-state index contributed by atoms with van der Waals surface area (Å²) in [6.07, 6.45) is 0.190. The van der Waals surface area contributed by atoms with Crippen molar-refractivity contribution < 1.29 is 14.3 Å². The lowest BCUT2D eigenvalue weighted by molar-refractivity contribution is -0.117. The number of likely N-dealkylation sites (tertiary alicyclic amines) is 1. The Morgan fingerprint density at radius 3 is 2.38 bits per heavy atom. The number of ether oxygens (including phenoxy) is 2. The van der Waals surface area contributed by atoms with Crippen LogP contribution in [0.2, 0.25) is 0 Å². The lowest BCUT2D eigenvalue weighted by atomic mass is 10.2. The summed E-state index contributed by atoms with van der Waals surface area (Å²) in [5.74, 6) is -0.00948. The van der Waals surface area contributed by atoms with E-state index < -0.39 is 0 Å². The van der Waals surface area contributed by atoms with E-state index in [-0.39, 0.29) is 18.1 Å². The number of carbonyl (C=O) groups is 1. The van der Waals surface area contributed by atoms with Crippen LogP contribution in [-0.4, -0.2) is 55.9 Å². The van der Waals surface area contributed by atoms with Crippen LogP contribution in [0.3, 0.4) is 0 Å². The third-order valence-corrected chi connectivity index (χ3v) is 5.62. The predicted octanol–water partition coefficient (Wildman–Crippen LogP) is 2.88. The monoisotopic (exact) mass is 370 g/mol. The maximum absolute atomic E-state index is 12.5. The topological polar surface area (TPSA) is 50.8 Å². The minimum Gasteiger partial charge on any atom is -0.372 e. The van der Waals surface area contributed by atoms with E-state index in [2.05, 4.69) is 22.3 Å². The number of hydrogen-bond acceptors (Lipinski definition) is 5. The summed E-state index contributed by atoms with van der Waals surface area (Å²) in [6, 6.07) is 18.1. The van der Waals surface area contributed by atoms with E-state index in [1.165, 1.54) is 0 Å². The van der Waals surface area contributed by atoms with Gasteiger partial charge in [-0.3, -0.25) is 9.69 Å². The standard InChI is InChI=1S/C20H22N2O3S/c23-20(14-22-12-17-18(13-22)25-11-10-24-17)21-16-8-4-5-9-19(16)26-15-6-2-1-3-7-15/h1-9,17-18H,10-14H2,(H,21,23)/t17-,18+. The third kappa shape index (κ3) is 4.27. The fourth-order valence-corrected chi connectivity index (χ4v) is 4.26. The summed E-state index contributed by atoms with van der Waals surface area (Å²) in [4.78, 5) is 16.8. The second-order valence-corrected chi connectivity index (χ2v) is 7.59. The van der Waals surface area contributed by atoms with Crippen molar-refractivity contribution in [3.05, 3.63) is 54.6 Å². The number of anilines is 1. The average Bonchev–Trinajstić information content (AvgIpc) is 3.06. The third-order valence-electron chi connectivity index (χ3n) is 4.54. The molecule has 0 aliphatic carbocycles. The highest BCUT2D eigenvalue weighted by molar-refractivity contribution is 7.99. The van der Waals surface area contributed by atoms with Gasteiger partial charge in [-0.25, -0.2) is 0 Å². The molecule has 0 bridgehead atoms. The van der Waals surface area contributed by atoms with Crippen molar-refractivity contribution in [1.82, 2.24) is 4.90 Å². The van der Waals surface area contributed by atoms with Crippen LogP contribution in [-0.2, 0) is 14.3 Å². The molecule has 2 fully saturated rings. The largest absolute Gasteiger partial charge is 0.372 e. The number of benzene rings is 2. The van der Waals surface area contributed by atoms with E-state index in [9.17, 15) is 4.79 Å².